The third-order valence-electron chi connectivity index (χ3n) is 3.40. The lowest BCUT2D eigenvalue weighted by Crippen LogP contribution is -2.51. The highest BCUT2D eigenvalue weighted by Gasteiger charge is 2.35. The van der Waals surface area contributed by atoms with Gasteiger partial charge in [-0.3, -0.25) is 4.90 Å². The second-order valence-electron chi connectivity index (χ2n) is 5.83. The zero-order valence-electron chi connectivity index (χ0n) is 10.2. The first kappa shape index (κ1) is 12.0. The van der Waals surface area contributed by atoms with Gasteiger partial charge in [0.1, 0.15) is 6.17 Å². The Morgan fingerprint density at radius 3 is 2.21 bits per heavy atom. The van der Waals surface area contributed by atoms with Crippen LogP contribution < -0.4 is 0 Å². The van der Waals surface area contributed by atoms with Gasteiger partial charge in [-0.25, -0.2) is 4.39 Å². The van der Waals surface area contributed by atoms with Gasteiger partial charge in [-0.2, -0.15) is 0 Å². The number of alkyl halides is 1. The summed E-state index contributed by atoms with van der Waals surface area (Å²) in [5, 5.41) is 0. The van der Waals surface area contributed by atoms with Gasteiger partial charge in [-0.1, -0.05) is 13.8 Å². The molecule has 84 valence electrons. The van der Waals surface area contributed by atoms with Crippen molar-refractivity contribution in [2.24, 2.45) is 11.8 Å². The maximum absolute atomic E-state index is 13.8. The van der Waals surface area contributed by atoms with E-state index in [0.717, 1.165) is 13.0 Å². The Balaban J connectivity index is 2.55. The van der Waals surface area contributed by atoms with Gasteiger partial charge < -0.3 is 0 Å². The zero-order valence-corrected chi connectivity index (χ0v) is 10.2. The Bertz CT molecular complexity index is 183. The van der Waals surface area contributed by atoms with E-state index in [1.165, 1.54) is 0 Å². The number of halogens is 1. The molecule has 1 nitrogen and oxygen atoms in total. The Labute approximate surface area is 87.7 Å². The van der Waals surface area contributed by atoms with E-state index in [1.807, 2.05) is 0 Å². The molecule has 14 heavy (non-hydrogen) atoms. The van der Waals surface area contributed by atoms with Crippen molar-refractivity contribution in [3.8, 4) is 0 Å². The van der Waals surface area contributed by atoms with Crippen LogP contribution in [0.25, 0.3) is 0 Å². The van der Waals surface area contributed by atoms with Crippen LogP contribution in [0.15, 0.2) is 0 Å². The minimum absolute atomic E-state index is 0.117. The van der Waals surface area contributed by atoms with Crippen molar-refractivity contribution in [2.75, 3.05) is 13.1 Å². The predicted octanol–water partition coefficient (Wildman–Crippen LogP) is 3.10. The quantitative estimate of drug-likeness (QED) is 0.630. The summed E-state index contributed by atoms with van der Waals surface area (Å²) in [6.45, 7) is 12.4. The molecule has 1 heterocycles. The predicted molar refractivity (Wildman–Crippen MR) is 59.2 cm³/mol. The molecule has 0 aromatic rings. The Kier molecular flexibility index (Phi) is 3.57. The van der Waals surface area contributed by atoms with Crippen LogP contribution in [0.3, 0.4) is 0 Å². The fourth-order valence-corrected chi connectivity index (χ4v) is 2.28. The van der Waals surface area contributed by atoms with Crippen molar-refractivity contribution < 1.29 is 4.39 Å². The average Bonchev–Trinajstić information content (AvgIpc) is 2.01. The second kappa shape index (κ2) is 4.18. The fraction of sp³-hybridized carbons (Fsp3) is 1.00. The first-order valence-electron chi connectivity index (χ1n) is 5.71. The summed E-state index contributed by atoms with van der Waals surface area (Å²) in [5.74, 6) is 0.751. The van der Waals surface area contributed by atoms with E-state index in [4.69, 9.17) is 0 Å². The van der Waals surface area contributed by atoms with Crippen molar-refractivity contribution >= 4 is 0 Å². The first-order chi connectivity index (χ1) is 6.32. The minimum Gasteiger partial charge on any atom is -0.296 e. The van der Waals surface area contributed by atoms with Crippen LogP contribution in [0.2, 0.25) is 0 Å². The Hall–Kier alpha value is -0.110. The van der Waals surface area contributed by atoms with Gasteiger partial charge in [0.05, 0.1) is 0 Å². The molecule has 0 saturated carbocycles. The van der Waals surface area contributed by atoms with Crippen LogP contribution in [0.4, 0.5) is 4.39 Å². The highest BCUT2D eigenvalue weighted by Crippen LogP contribution is 2.30. The van der Waals surface area contributed by atoms with Gasteiger partial charge in [0.2, 0.25) is 0 Å². The molecule has 1 saturated heterocycles. The number of nitrogens with zero attached hydrogens (tertiary/aromatic N) is 1. The monoisotopic (exact) mass is 201 g/mol. The molecule has 0 radical (unpaired) electrons. The molecular formula is C12H24FN. The largest absolute Gasteiger partial charge is 0.296 e. The first-order valence-corrected chi connectivity index (χ1v) is 5.71. The highest BCUT2D eigenvalue weighted by atomic mass is 19.1. The molecule has 2 heteroatoms. The number of rotatable bonds is 1. The summed E-state index contributed by atoms with van der Waals surface area (Å²) < 4.78 is 13.8. The van der Waals surface area contributed by atoms with Gasteiger partial charge in [0.15, 0.2) is 0 Å². The van der Waals surface area contributed by atoms with Gasteiger partial charge in [0, 0.05) is 12.1 Å². The van der Waals surface area contributed by atoms with E-state index in [2.05, 4.69) is 39.5 Å². The SMILES string of the molecule is CC(C)[C@H]1CCN(C(C)(C)C)C[C@@H]1F. The molecule has 1 fully saturated rings. The second-order valence-corrected chi connectivity index (χ2v) is 5.83. The van der Waals surface area contributed by atoms with E-state index in [-0.39, 0.29) is 11.5 Å². The molecule has 0 aromatic heterocycles. The lowest BCUT2D eigenvalue weighted by Gasteiger charge is -2.43. The van der Waals surface area contributed by atoms with Crippen molar-refractivity contribution in [3.05, 3.63) is 0 Å². The molecule has 1 rings (SSSR count). The normalized spacial score (nSPS) is 31.1. The minimum atomic E-state index is -0.636. The van der Waals surface area contributed by atoms with Crippen molar-refractivity contribution in [3.63, 3.8) is 0 Å². The Morgan fingerprint density at radius 1 is 1.29 bits per heavy atom. The summed E-state index contributed by atoms with van der Waals surface area (Å²) >= 11 is 0. The number of piperidine rings is 1. The molecule has 1 aliphatic rings. The molecule has 0 unspecified atom stereocenters. The molecular weight excluding hydrogens is 177 g/mol. The molecule has 0 aromatic carbocycles. The van der Waals surface area contributed by atoms with E-state index in [1.54, 1.807) is 0 Å². The Morgan fingerprint density at radius 2 is 1.86 bits per heavy atom. The average molecular weight is 201 g/mol. The van der Waals surface area contributed by atoms with E-state index in [9.17, 15) is 4.39 Å². The fourth-order valence-electron chi connectivity index (χ4n) is 2.28. The summed E-state index contributed by atoms with van der Waals surface area (Å²) in [5.41, 5.74) is 0.117. The van der Waals surface area contributed by atoms with Gasteiger partial charge in [0.25, 0.3) is 0 Å². The maximum Gasteiger partial charge on any atom is 0.116 e. The molecule has 0 spiro atoms. The zero-order chi connectivity index (χ0) is 10.9. The lowest BCUT2D eigenvalue weighted by atomic mass is 9.84. The van der Waals surface area contributed by atoms with Crippen molar-refractivity contribution in [2.45, 2.75) is 52.8 Å². The molecule has 0 bridgehead atoms. The van der Waals surface area contributed by atoms with Gasteiger partial charge in [-0.15, -0.1) is 0 Å². The van der Waals surface area contributed by atoms with Crippen LogP contribution in [-0.2, 0) is 0 Å². The van der Waals surface area contributed by atoms with Crippen LogP contribution in [0.5, 0.6) is 0 Å². The standard InChI is InChI=1S/C12H24FN/c1-9(2)10-6-7-14(8-11(10)13)12(3,4)5/h9-11H,6-8H2,1-5H3/t10-,11+/m1/s1. The summed E-state index contributed by atoms with van der Waals surface area (Å²) in [6, 6.07) is 0. The molecule has 2 atom stereocenters. The molecule has 1 aliphatic heterocycles. The maximum atomic E-state index is 13.8. The van der Waals surface area contributed by atoms with Crippen LogP contribution in [0, 0.1) is 11.8 Å². The summed E-state index contributed by atoms with van der Waals surface area (Å²) in [4.78, 5) is 2.26. The van der Waals surface area contributed by atoms with Gasteiger partial charge in [-0.05, 0) is 45.6 Å². The third kappa shape index (κ3) is 2.69. The van der Waals surface area contributed by atoms with E-state index in [0.29, 0.717) is 12.5 Å². The molecule has 0 amide bonds. The topological polar surface area (TPSA) is 3.24 Å². The van der Waals surface area contributed by atoms with Crippen LogP contribution >= 0.6 is 0 Å². The summed E-state index contributed by atoms with van der Waals surface area (Å²) in [6.07, 6.45) is 0.374. The highest BCUT2D eigenvalue weighted by molar-refractivity contribution is 4.87. The van der Waals surface area contributed by atoms with Gasteiger partial charge >= 0.3 is 0 Å². The number of hydrogen-bond acceptors (Lipinski definition) is 1. The van der Waals surface area contributed by atoms with E-state index >= 15 is 0 Å². The van der Waals surface area contributed by atoms with Crippen molar-refractivity contribution in [1.29, 1.82) is 0 Å². The van der Waals surface area contributed by atoms with Crippen LogP contribution in [-0.4, -0.2) is 29.7 Å². The van der Waals surface area contributed by atoms with E-state index < -0.39 is 6.17 Å². The summed E-state index contributed by atoms with van der Waals surface area (Å²) in [7, 11) is 0. The smallest absolute Gasteiger partial charge is 0.116 e. The molecule has 0 N–H and O–H groups in total. The van der Waals surface area contributed by atoms with Crippen molar-refractivity contribution in [1.82, 2.24) is 4.90 Å². The van der Waals surface area contributed by atoms with Crippen LogP contribution in [0.1, 0.15) is 41.0 Å². The number of likely N-dealkylation sites (tertiary alicyclic amines) is 1. The lowest BCUT2D eigenvalue weighted by molar-refractivity contribution is 0.0133. The third-order valence-corrected chi connectivity index (χ3v) is 3.40. The molecule has 0 aliphatic carbocycles. The number of hydrogen-bond donors (Lipinski definition) is 0.